The highest BCUT2D eigenvalue weighted by Gasteiger charge is 2.04. The molecule has 0 N–H and O–H groups in total. The molecule has 0 saturated heterocycles. The van der Waals surface area contributed by atoms with Crippen molar-refractivity contribution in [1.29, 1.82) is 5.26 Å². The second-order valence-electron chi connectivity index (χ2n) is 3.75. The Bertz CT molecular complexity index is 517. The van der Waals surface area contributed by atoms with Crippen molar-refractivity contribution >= 4 is 12.0 Å². The van der Waals surface area contributed by atoms with Gasteiger partial charge in [0.2, 0.25) is 0 Å². The van der Waals surface area contributed by atoms with Crippen LogP contribution in [0.1, 0.15) is 18.9 Å². The zero-order chi connectivity index (χ0) is 14.8. The van der Waals surface area contributed by atoms with Gasteiger partial charge in [-0.1, -0.05) is 6.07 Å². The molecule has 5 heteroatoms. The van der Waals surface area contributed by atoms with E-state index in [0.717, 1.165) is 5.56 Å². The van der Waals surface area contributed by atoms with Crippen molar-refractivity contribution in [1.82, 2.24) is 0 Å². The van der Waals surface area contributed by atoms with Crippen molar-refractivity contribution in [3.63, 3.8) is 0 Å². The van der Waals surface area contributed by atoms with E-state index in [1.165, 1.54) is 6.08 Å². The number of esters is 1. The molecular formula is C15H17NO4. The van der Waals surface area contributed by atoms with E-state index >= 15 is 0 Å². The smallest absolute Gasteiger partial charge is 0.330 e. The van der Waals surface area contributed by atoms with Gasteiger partial charge in [-0.05, 0) is 30.7 Å². The molecule has 0 atom stereocenters. The molecule has 0 amide bonds. The molecule has 0 aliphatic rings. The topological polar surface area (TPSA) is 68.5 Å². The van der Waals surface area contributed by atoms with Crippen LogP contribution in [-0.4, -0.2) is 26.3 Å². The molecule has 0 aliphatic heterocycles. The van der Waals surface area contributed by atoms with Gasteiger partial charge >= 0.3 is 5.97 Å². The third-order valence-electron chi connectivity index (χ3n) is 2.36. The Morgan fingerprint density at radius 2 is 2.20 bits per heavy atom. The van der Waals surface area contributed by atoms with Gasteiger partial charge in [0.25, 0.3) is 0 Å². The average molecular weight is 275 g/mol. The molecule has 0 unspecified atom stereocenters. The molecule has 5 nitrogen and oxygen atoms in total. The monoisotopic (exact) mass is 275 g/mol. The van der Waals surface area contributed by atoms with E-state index in [1.54, 1.807) is 25.3 Å². The number of hydrogen-bond donors (Lipinski definition) is 0. The zero-order valence-electron chi connectivity index (χ0n) is 11.6. The van der Waals surface area contributed by atoms with Gasteiger partial charge in [-0.3, -0.25) is 0 Å². The first-order valence-electron chi connectivity index (χ1n) is 6.24. The summed E-state index contributed by atoms with van der Waals surface area (Å²) in [6.45, 7) is 2.55. The Kier molecular flexibility index (Phi) is 6.69. The summed E-state index contributed by atoms with van der Waals surface area (Å²) >= 11 is 0. The van der Waals surface area contributed by atoms with Gasteiger partial charge < -0.3 is 14.2 Å². The summed E-state index contributed by atoms with van der Waals surface area (Å²) in [5.41, 5.74) is 0.794. The van der Waals surface area contributed by atoms with Crippen LogP contribution >= 0.6 is 0 Å². The molecule has 1 aromatic carbocycles. The highest BCUT2D eigenvalue weighted by Crippen LogP contribution is 2.28. The van der Waals surface area contributed by atoms with Crippen molar-refractivity contribution < 1.29 is 19.0 Å². The van der Waals surface area contributed by atoms with Crippen LogP contribution in [0.3, 0.4) is 0 Å². The average Bonchev–Trinajstić information content (AvgIpc) is 2.46. The Labute approximate surface area is 118 Å². The standard InChI is InChI=1S/C15H17NO4/c1-3-19-13-7-5-12(11-14(13)18-2)6-8-15(17)20-10-4-9-16/h5-8,11H,3-4,10H2,1-2H3/b8-6+. The predicted molar refractivity (Wildman–Crippen MR) is 74.4 cm³/mol. The zero-order valence-corrected chi connectivity index (χ0v) is 11.6. The summed E-state index contributed by atoms with van der Waals surface area (Å²) in [5, 5.41) is 8.33. The molecule has 1 aromatic rings. The fraction of sp³-hybridized carbons (Fsp3) is 0.333. The van der Waals surface area contributed by atoms with E-state index in [9.17, 15) is 4.79 Å². The highest BCUT2D eigenvalue weighted by molar-refractivity contribution is 5.87. The largest absolute Gasteiger partial charge is 0.493 e. The molecule has 0 radical (unpaired) electrons. The number of hydrogen-bond acceptors (Lipinski definition) is 5. The molecule has 1 rings (SSSR count). The molecule has 20 heavy (non-hydrogen) atoms. The second-order valence-corrected chi connectivity index (χ2v) is 3.75. The lowest BCUT2D eigenvalue weighted by Gasteiger charge is -2.09. The van der Waals surface area contributed by atoms with Gasteiger partial charge in [0.15, 0.2) is 11.5 Å². The SMILES string of the molecule is CCOc1ccc(/C=C/C(=O)OCCC#N)cc1OC. The Balaban J connectivity index is 2.68. The Morgan fingerprint density at radius 1 is 1.40 bits per heavy atom. The number of carbonyl (C=O) groups is 1. The van der Waals surface area contributed by atoms with Crippen molar-refractivity contribution in [2.24, 2.45) is 0 Å². The molecule has 0 spiro atoms. The minimum atomic E-state index is -0.479. The summed E-state index contributed by atoms with van der Waals surface area (Å²) in [6, 6.07) is 7.26. The maximum atomic E-state index is 11.3. The van der Waals surface area contributed by atoms with Crippen LogP contribution in [0, 0.1) is 11.3 Å². The molecule has 0 aromatic heterocycles. The van der Waals surface area contributed by atoms with Crippen LogP contribution in [0.15, 0.2) is 24.3 Å². The van der Waals surface area contributed by atoms with Crippen LogP contribution in [0.2, 0.25) is 0 Å². The first-order valence-corrected chi connectivity index (χ1v) is 6.24. The summed E-state index contributed by atoms with van der Waals surface area (Å²) in [6.07, 6.45) is 3.12. The number of nitrogens with zero attached hydrogens (tertiary/aromatic N) is 1. The highest BCUT2D eigenvalue weighted by atomic mass is 16.5. The minimum Gasteiger partial charge on any atom is -0.493 e. The molecule has 0 fully saturated rings. The lowest BCUT2D eigenvalue weighted by Crippen LogP contribution is -2.01. The minimum absolute atomic E-state index is 0.103. The fourth-order valence-corrected chi connectivity index (χ4v) is 1.47. The van der Waals surface area contributed by atoms with E-state index < -0.39 is 5.97 Å². The lowest BCUT2D eigenvalue weighted by atomic mass is 10.2. The maximum Gasteiger partial charge on any atom is 0.330 e. The molecular weight excluding hydrogens is 258 g/mol. The van der Waals surface area contributed by atoms with E-state index in [1.807, 2.05) is 19.1 Å². The predicted octanol–water partition coefficient (Wildman–Crippen LogP) is 2.56. The number of ether oxygens (including phenoxy) is 3. The quantitative estimate of drug-likeness (QED) is 0.434. The lowest BCUT2D eigenvalue weighted by molar-refractivity contribution is -0.137. The van der Waals surface area contributed by atoms with Crippen molar-refractivity contribution in [3.8, 4) is 17.6 Å². The first kappa shape index (κ1) is 15.6. The third-order valence-corrected chi connectivity index (χ3v) is 2.36. The van der Waals surface area contributed by atoms with Crippen LogP contribution < -0.4 is 9.47 Å². The first-order chi connectivity index (χ1) is 9.71. The van der Waals surface area contributed by atoms with Gasteiger partial charge in [0.05, 0.1) is 26.2 Å². The molecule has 0 aliphatic carbocycles. The van der Waals surface area contributed by atoms with Crippen molar-refractivity contribution in [2.75, 3.05) is 20.3 Å². The van der Waals surface area contributed by atoms with E-state index in [4.69, 9.17) is 19.5 Å². The van der Waals surface area contributed by atoms with Crippen LogP contribution in [0.4, 0.5) is 0 Å². The van der Waals surface area contributed by atoms with E-state index in [-0.39, 0.29) is 13.0 Å². The summed E-state index contributed by atoms with van der Waals surface area (Å²) < 4.78 is 15.4. The number of methoxy groups -OCH3 is 1. The number of benzene rings is 1. The Morgan fingerprint density at radius 3 is 2.85 bits per heavy atom. The van der Waals surface area contributed by atoms with Gasteiger partial charge in [0, 0.05) is 6.08 Å². The normalized spacial score (nSPS) is 10.1. The summed E-state index contributed by atoms with van der Waals surface area (Å²) in [7, 11) is 1.56. The van der Waals surface area contributed by atoms with Crippen molar-refractivity contribution in [2.45, 2.75) is 13.3 Å². The van der Waals surface area contributed by atoms with Gasteiger partial charge in [-0.15, -0.1) is 0 Å². The van der Waals surface area contributed by atoms with Crippen molar-refractivity contribution in [3.05, 3.63) is 29.8 Å². The molecule has 106 valence electrons. The number of rotatable bonds is 7. The Hall–Kier alpha value is -2.48. The summed E-state index contributed by atoms with van der Waals surface area (Å²) in [5.74, 6) is 0.781. The van der Waals surface area contributed by atoms with Gasteiger partial charge in [0.1, 0.15) is 6.61 Å². The molecule has 0 heterocycles. The summed E-state index contributed by atoms with van der Waals surface area (Å²) in [4.78, 5) is 11.3. The molecule has 0 saturated carbocycles. The van der Waals surface area contributed by atoms with Crippen LogP contribution in [0.25, 0.3) is 6.08 Å². The second kappa shape index (κ2) is 8.59. The maximum absolute atomic E-state index is 11.3. The number of carbonyl (C=O) groups excluding carboxylic acids is 1. The third kappa shape index (κ3) is 5.02. The van der Waals surface area contributed by atoms with Crippen LogP contribution in [-0.2, 0) is 9.53 Å². The van der Waals surface area contributed by atoms with E-state index in [0.29, 0.717) is 18.1 Å². The van der Waals surface area contributed by atoms with Crippen LogP contribution in [0.5, 0.6) is 11.5 Å². The van der Waals surface area contributed by atoms with E-state index in [2.05, 4.69) is 0 Å². The van der Waals surface area contributed by atoms with Gasteiger partial charge in [-0.25, -0.2) is 4.79 Å². The van der Waals surface area contributed by atoms with Gasteiger partial charge in [-0.2, -0.15) is 5.26 Å². The molecule has 0 bridgehead atoms. The number of nitriles is 1. The fourth-order valence-electron chi connectivity index (χ4n) is 1.47.